The lowest BCUT2D eigenvalue weighted by Gasteiger charge is -2.29. The molecule has 0 atom stereocenters. The fourth-order valence-electron chi connectivity index (χ4n) is 2.58. The first-order valence-electron chi connectivity index (χ1n) is 6.76. The van der Waals surface area contributed by atoms with Crippen molar-refractivity contribution >= 4 is 17.3 Å². The summed E-state index contributed by atoms with van der Waals surface area (Å²) in [6.45, 7) is 2.35. The number of aromatic nitrogens is 1. The van der Waals surface area contributed by atoms with Gasteiger partial charge in [-0.1, -0.05) is 29.4 Å². The predicted molar refractivity (Wildman–Crippen MR) is 80.0 cm³/mol. The van der Waals surface area contributed by atoms with Crippen LogP contribution in [0.25, 0.3) is 0 Å². The van der Waals surface area contributed by atoms with E-state index >= 15 is 0 Å². The van der Waals surface area contributed by atoms with Crippen LogP contribution < -0.4 is 4.90 Å². The lowest BCUT2D eigenvalue weighted by Crippen LogP contribution is -2.38. The Labute approximate surface area is 122 Å². The normalized spacial score (nSPS) is 15.9. The van der Waals surface area contributed by atoms with Crippen LogP contribution in [0.1, 0.15) is 28.0 Å². The number of carbonyl (C=O) groups is 1. The van der Waals surface area contributed by atoms with Crippen LogP contribution in [-0.2, 0) is 0 Å². The number of fused-ring (bicyclic) bond motifs is 1. The number of pyridine rings is 1. The van der Waals surface area contributed by atoms with Gasteiger partial charge < -0.3 is 10.1 Å². The number of amides is 1. The molecule has 0 bridgehead atoms. The Hall–Kier alpha value is -2.69. The average Bonchev–Trinajstić information content (AvgIpc) is 2.53. The summed E-state index contributed by atoms with van der Waals surface area (Å²) in [5, 5.41) is 12.4. The Morgan fingerprint density at radius 1 is 1.29 bits per heavy atom. The van der Waals surface area contributed by atoms with Gasteiger partial charge in [-0.05, 0) is 24.6 Å². The SMILES string of the molecule is Cc1cccnc1C(=O)N1CCC(=NO)c2ccccc21. The molecule has 1 N–H and O–H groups in total. The number of benzene rings is 1. The highest BCUT2D eigenvalue weighted by molar-refractivity contribution is 6.14. The van der Waals surface area contributed by atoms with Gasteiger partial charge in [-0.3, -0.25) is 9.78 Å². The first-order valence-corrected chi connectivity index (χ1v) is 6.76. The van der Waals surface area contributed by atoms with Crippen molar-refractivity contribution < 1.29 is 10.0 Å². The number of hydrogen-bond acceptors (Lipinski definition) is 4. The highest BCUT2D eigenvalue weighted by Crippen LogP contribution is 2.28. The summed E-state index contributed by atoms with van der Waals surface area (Å²) in [6, 6.07) is 11.1. The van der Waals surface area contributed by atoms with E-state index in [1.165, 1.54) is 0 Å². The molecular formula is C16H15N3O2. The number of carbonyl (C=O) groups excluding carboxylic acids is 1. The van der Waals surface area contributed by atoms with Crippen LogP contribution >= 0.6 is 0 Å². The molecule has 1 aromatic carbocycles. The third-order valence-electron chi connectivity index (χ3n) is 3.66. The lowest BCUT2D eigenvalue weighted by molar-refractivity contribution is 0.0981. The van der Waals surface area contributed by atoms with Gasteiger partial charge in [0.05, 0.1) is 11.4 Å². The predicted octanol–water partition coefficient (Wildman–Crippen LogP) is 2.62. The standard InChI is InChI=1S/C16H15N3O2/c1-11-5-4-9-17-15(11)16(20)19-10-8-13(18-21)12-6-2-3-7-14(12)19/h2-7,9,21H,8,10H2,1H3. The van der Waals surface area contributed by atoms with Gasteiger partial charge in [0.15, 0.2) is 0 Å². The second-order valence-corrected chi connectivity index (χ2v) is 4.94. The Morgan fingerprint density at radius 3 is 2.86 bits per heavy atom. The molecule has 1 aliphatic rings. The second-order valence-electron chi connectivity index (χ2n) is 4.94. The summed E-state index contributed by atoms with van der Waals surface area (Å²) in [6.07, 6.45) is 2.14. The van der Waals surface area contributed by atoms with Crippen LogP contribution in [0.15, 0.2) is 47.8 Å². The third kappa shape index (κ3) is 2.27. The molecule has 0 aliphatic carbocycles. The van der Waals surface area contributed by atoms with E-state index in [0.717, 1.165) is 16.8 Å². The molecule has 5 nitrogen and oxygen atoms in total. The summed E-state index contributed by atoms with van der Waals surface area (Å²) in [4.78, 5) is 18.6. The highest BCUT2D eigenvalue weighted by atomic mass is 16.4. The van der Waals surface area contributed by atoms with Crippen molar-refractivity contribution in [2.75, 3.05) is 11.4 Å². The fraction of sp³-hybridized carbons (Fsp3) is 0.188. The van der Waals surface area contributed by atoms with Crippen LogP contribution in [0.4, 0.5) is 5.69 Å². The van der Waals surface area contributed by atoms with Gasteiger partial charge in [-0.25, -0.2) is 0 Å². The first-order chi connectivity index (χ1) is 10.2. The van der Waals surface area contributed by atoms with Gasteiger partial charge in [0, 0.05) is 24.7 Å². The summed E-state index contributed by atoms with van der Waals surface area (Å²) in [7, 11) is 0. The number of hydrogen-bond donors (Lipinski definition) is 1. The van der Waals surface area contributed by atoms with Crippen LogP contribution in [0.2, 0.25) is 0 Å². The Bertz CT molecular complexity index is 725. The van der Waals surface area contributed by atoms with E-state index in [-0.39, 0.29) is 5.91 Å². The molecule has 0 spiro atoms. The zero-order valence-electron chi connectivity index (χ0n) is 11.7. The van der Waals surface area contributed by atoms with Crippen molar-refractivity contribution in [1.29, 1.82) is 0 Å². The number of anilines is 1. The monoisotopic (exact) mass is 281 g/mol. The number of nitrogens with zero attached hydrogens (tertiary/aromatic N) is 3. The lowest BCUT2D eigenvalue weighted by atomic mass is 9.99. The molecule has 106 valence electrons. The smallest absolute Gasteiger partial charge is 0.277 e. The molecule has 3 rings (SSSR count). The van der Waals surface area contributed by atoms with Crippen LogP contribution in [0, 0.1) is 6.92 Å². The van der Waals surface area contributed by atoms with Crippen molar-refractivity contribution in [2.24, 2.45) is 5.16 Å². The summed E-state index contributed by atoms with van der Waals surface area (Å²) in [5.41, 5.74) is 3.45. The minimum atomic E-state index is -0.127. The van der Waals surface area contributed by atoms with E-state index in [4.69, 9.17) is 5.21 Å². The van der Waals surface area contributed by atoms with Gasteiger partial charge in [0.1, 0.15) is 5.69 Å². The van der Waals surface area contributed by atoms with E-state index in [1.807, 2.05) is 43.3 Å². The number of rotatable bonds is 1. The zero-order valence-corrected chi connectivity index (χ0v) is 11.7. The number of aryl methyl sites for hydroxylation is 1. The van der Waals surface area contributed by atoms with Crippen molar-refractivity contribution in [3.05, 3.63) is 59.4 Å². The average molecular weight is 281 g/mol. The van der Waals surface area contributed by atoms with Gasteiger partial charge in [0.25, 0.3) is 5.91 Å². The molecule has 2 aromatic rings. The van der Waals surface area contributed by atoms with Gasteiger partial charge in [0.2, 0.25) is 0 Å². The van der Waals surface area contributed by atoms with Gasteiger partial charge >= 0.3 is 0 Å². The quantitative estimate of drug-likeness (QED) is 0.645. The maximum Gasteiger partial charge on any atom is 0.277 e. The molecule has 1 aliphatic heterocycles. The molecule has 1 amide bonds. The molecule has 0 saturated heterocycles. The molecule has 21 heavy (non-hydrogen) atoms. The van der Waals surface area contributed by atoms with Crippen molar-refractivity contribution in [3.63, 3.8) is 0 Å². The molecule has 0 saturated carbocycles. The van der Waals surface area contributed by atoms with Crippen molar-refractivity contribution in [2.45, 2.75) is 13.3 Å². The number of oxime groups is 1. The molecule has 0 unspecified atom stereocenters. The summed E-state index contributed by atoms with van der Waals surface area (Å²) < 4.78 is 0. The molecule has 2 heterocycles. The van der Waals surface area contributed by atoms with E-state index in [2.05, 4.69) is 10.1 Å². The molecule has 0 fully saturated rings. The molecule has 5 heteroatoms. The highest BCUT2D eigenvalue weighted by Gasteiger charge is 2.28. The van der Waals surface area contributed by atoms with E-state index in [1.54, 1.807) is 11.1 Å². The number of para-hydroxylation sites is 1. The van der Waals surface area contributed by atoms with E-state index in [9.17, 15) is 4.79 Å². The van der Waals surface area contributed by atoms with E-state index < -0.39 is 0 Å². The van der Waals surface area contributed by atoms with Crippen LogP contribution in [-0.4, -0.2) is 28.4 Å². The molecule has 0 radical (unpaired) electrons. The Balaban J connectivity index is 2.05. The maximum absolute atomic E-state index is 12.7. The summed E-state index contributed by atoms with van der Waals surface area (Å²) in [5.74, 6) is -0.127. The van der Waals surface area contributed by atoms with Gasteiger partial charge in [-0.2, -0.15) is 0 Å². The van der Waals surface area contributed by atoms with E-state index in [0.29, 0.717) is 24.4 Å². The van der Waals surface area contributed by atoms with Crippen LogP contribution in [0.5, 0.6) is 0 Å². The van der Waals surface area contributed by atoms with Crippen molar-refractivity contribution in [3.8, 4) is 0 Å². The minimum absolute atomic E-state index is 0.127. The summed E-state index contributed by atoms with van der Waals surface area (Å²) >= 11 is 0. The Morgan fingerprint density at radius 2 is 2.10 bits per heavy atom. The second kappa shape index (κ2) is 5.36. The van der Waals surface area contributed by atoms with Gasteiger partial charge in [-0.15, -0.1) is 0 Å². The third-order valence-corrected chi connectivity index (χ3v) is 3.66. The first kappa shape index (κ1) is 13.3. The zero-order chi connectivity index (χ0) is 14.8. The molecule has 1 aromatic heterocycles. The Kier molecular flexibility index (Phi) is 3.39. The molecular weight excluding hydrogens is 266 g/mol. The maximum atomic E-state index is 12.7. The fourth-order valence-corrected chi connectivity index (χ4v) is 2.58. The topological polar surface area (TPSA) is 65.8 Å². The van der Waals surface area contributed by atoms with Crippen molar-refractivity contribution in [1.82, 2.24) is 4.98 Å². The van der Waals surface area contributed by atoms with Crippen LogP contribution in [0.3, 0.4) is 0 Å². The largest absolute Gasteiger partial charge is 0.411 e. The minimum Gasteiger partial charge on any atom is -0.411 e.